The molecule has 0 spiro atoms. The van der Waals surface area contributed by atoms with Crippen molar-refractivity contribution in [2.24, 2.45) is 0 Å². The lowest BCUT2D eigenvalue weighted by atomic mass is 10.2. The molecule has 2 rings (SSSR count). The number of methoxy groups -OCH3 is 1. The SMILES string of the molecule is COc1c(F)ccc2c(=O)[nH]c(=O)[nH]c12. The molecule has 0 saturated carbocycles. The van der Waals surface area contributed by atoms with Crippen LogP contribution in [0, 0.1) is 5.82 Å². The Hall–Kier alpha value is -2.11. The topological polar surface area (TPSA) is 75.0 Å². The molecule has 15 heavy (non-hydrogen) atoms. The number of hydrogen-bond acceptors (Lipinski definition) is 3. The van der Waals surface area contributed by atoms with Gasteiger partial charge in [-0.2, -0.15) is 0 Å². The van der Waals surface area contributed by atoms with Crippen LogP contribution in [0.25, 0.3) is 10.9 Å². The highest BCUT2D eigenvalue weighted by atomic mass is 19.1. The standard InChI is InChI=1S/C9H7FN2O3/c1-15-7-5(10)3-2-4-6(7)11-9(14)12-8(4)13/h2-3H,1H3,(H2,11,12,13,14). The molecule has 2 aromatic rings. The van der Waals surface area contributed by atoms with Gasteiger partial charge in [0.25, 0.3) is 5.56 Å². The number of fused-ring (bicyclic) bond motifs is 1. The van der Waals surface area contributed by atoms with Crippen LogP contribution in [-0.4, -0.2) is 17.1 Å². The molecule has 0 aliphatic rings. The highest BCUT2D eigenvalue weighted by molar-refractivity contribution is 5.83. The first-order chi connectivity index (χ1) is 7.13. The summed E-state index contributed by atoms with van der Waals surface area (Å²) in [5.41, 5.74) is -1.21. The fourth-order valence-corrected chi connectivity index (χ4v) is 1.39. The number of rotatable bonds is 1. The Labute approximate surface area is 82.5 Å². The first kappa shape index (κ1) is 9.45. The summed E-state index contributed by atoms with van der Waals surface area (Å²) < 4.78 is 18.0. The lowest BCUT2D eigenvalue weighted by molar-refractivity contribution is 0.391. The number of benzene rings is 1. The fraction of sp³-hybridized carbons (Fsp3) is 0.111. The van der Waals surface area contributed by atoms with Crippen molar-refractivity contribution in [3.05, 3.63) is 38.8 Å². The number of ether oxygens (including phenoxy) is 1. The van der Waals surface area contributed by atoms with Gasteiger partial charge in [-0.3, -0.25) is 9.78 Å². The van der Waals surface area contributed by atoms with Crippen LogP contribution in [0.5, 0.6) is 5.75 Å². The molecule has 1 heterocycles. The number of H-pyrrole nitrogens is 2. The van der Waals surface area contributed by atoms with Crippen LogP contribution in [-0.2, 0) is 0 Å². The van der Waals surface area contributed by atoms with E-state index in [1.807, 2.05) is 4.98 Å². The van der Waals surface area contributed by atoms with Gasteiger partial charge in [0.05, 0.1) is 12.5 Å². The number of aromatic amines is 2. The molecule has 0 saturated heterocycles. The average Bonchev–Trinajstić information content (AvgIpc) is 2.17. The zero-order valence-electron chi connectivity index (χ0n) is 7.76. The van der Waals surface area contributed by atoms with E-state index >= 15 is 0 Å². The molecular formula is C9H7FN2O3. The second kappa shape index (κ2) is 3.23. The average molecular weight is 210 g/mol. The maximum absolute atomic E-state index is 13.2. The third-order valence-electron chi connectivity index (χ3n) is 2.02. The van der Waals surface area contributed by atoms with E-state index in [0.717, 1.165) is 6.07 Å². The normalized spacial score (nSPS) is 10.5. The quantitative estimate of drug-likeness (QED) is 0.713. The van der Waals surface area contributed by atoms with Crippen molar-refractivity contribution in [3.8, 4) is 5.75 Å². The van der Waals surface area contributed by atoms with Gasteiger partial charge in [0.15, 0.2) is 11.6 Å². The predicted octanol–water partition coefficient (Wildman–Crippen LogP) is 0.364. The summed E-state index contributed by atoms with van der Waals surface area (Å²) >= 11 is 0. The van der Waals surface area contributed by atoms with E-state index < -0.39 is 17.1 Å². The maximum atomic E-state index is 13.2. The highest BCUT2D eigenvalue weighted by Gasteiger charge is 2.10. The Balaban J connectivity index is 3.04. The lowest BCUT2D eigenvalue weighted by Gasteiger charge is -2.04. The van der Waals surface area contributed by atoms with Crippen LogP contribution in [0.1, 0.15) is 0 Å². The van der Waals surface area contributed by atoms with E-state index in [1.54, 1.807) is 0 Å². The van der Waals surface area contributed by atoms with Crippen LogP contribution in [0.2, 0.25) is 0 Å². The molecular weight excluding hydrogens is 203 g/mol. The summed E-state index contributed by atoms with van der Waals surface area (Å²) in [7, 11) is 1.26. The van der Waals surface area contributed by atoms with E-state index in [4.69, 9.17) is 4.74 Å². The Kier molecular flexibility index (Phi) is 2.03. The summed E-state index contributed by atoms with van der Waals surface area (Å²) in [6, 6.07) is 2.39. The van der Waals surface area contributed by atoms with Crippen LogP contribution < -0.4 is 16.0 Å². The molecule has 1 aromatic carbocycles. The number of hydrogen-bond donors (Lipinski definition) is 2. The zero-order valence-corrected chi connectivity index (χ0v) is 7.76. The first-order valence-electron chi connectivity index (χ1n) is 4.12. The molecule has 0 radical (unpaired) electrons. The first-order valence-corrected chi connectivity index (χ1v) is 4.12. The van der Waals surface area contributed by atoms with Crippen LogP contribution >= 0.6 is 0 Å². The molecule has 78 valence electrons. The monoisotopic (exact) mass is 210 g/mol. The van der Waals surface area contributed by atoms with Gasteiger partial charge in [0.2, 0.25) is 0 Å². The van der Waals surface area contributed by atoms with Crippen LogP contribution in [0.4, 0.5) is 4.39 Å². The van der Waals surface area contributed by atoms with Crippen molar-refractivity contribution in [3.63, 3.8) is 0 Å². The largest absolute Gasteiger partial charge is 0.492 e. The fourth-order valence-electron chi connectivity index (χ4n) is 1.39. The van der Waals surface area contributed by atoms with E-state index in [2.05, 4.69) is 4.98 Å². The molecule has 0 amide bonds. The van der Waals surface area contributed by atoms with Crippen molar-refractivity contribution in [1.82, 2.24) is 9.97 Å². The van der Waals surface area contributed by atoms with Gasteiger partial charge in [-0.25, -0.2) is 9.18 Å². The molecule has 0 aliphatic carbocycles. The summed E-state index contributed by atoms with van der Waals surface area (Å²) in [4.78, 5) is 26.7. The van der Waals surface area contributed by atoms with E-state index in [1.165, 1.54) is 13.2 Å². The summed E-state index contributed by atoms with van der Waals surface area (Å²) in [5.74, 6) is -0.776. The lowest BCUT2D eigenvalue weighted by Crippen LogP contribution is -2.22. The molecule has 0 fully saturated rings. The third kappa shape index (κ3) is 1.39. The summed E-state index contributed by atoms with van der Waals surface area (Å²) in [5, 5.41) is 0.174. The number of halogens is 1. The Morgan fingerprint density at radius 2 is 2.00 bits per heavy atom. The number of aromatic nitrogens is 2. The number of nitrogens with one attached hydrogen (secondary N) is 2. The van der Waals surface area contributed by atoms with Crippen LogP contribution in [0.15, 0.2) is 21.7 Å². The van der Waals surface area contributed by atoms with Crippen molar-refractivity contribution in [1.29, 1.82) is 0 Å². The zero-order chi connectivity index (χ0) is 11.0. The van der Waals surface area contributed by atoms with Crippen molar-refractivity contribution in [2.75, 3.05) is 7.11 Å². The Bertz CT molecular complexity index is 629. The van der Waals surface area contributed by atoms with Gasteiger partial charge >= 0.3 is 5.69 Å². The predicted molar refractivity (Wildman–Crippen MR) is 51.7 cm³/mol. The maximum Gasteiger partial charge on any atom is 0.326 e. The molecule has 0 aliphatic heterocycles. The molecule has 1 aromatic heterocycles. The minimum Gasteiger partial charge on any atom is -0.492 e. The van der Waals surface area contributed by atoms with Gasteiger partial charge < -0.3 is 9.72 Å². The molecule has 0 bridgehead atoms. The van der Waals surface area contributed by atoms with E-state index in [-0.39, 0.29) is 16.7 Å². The van der Waals surface area contributed by atoms with Crippen molar-refractivity contribution < 1.29 is 9.13 Å². The Morgan fingerprint density at radius 3 is 2.67 bits per heavy atom. The van der Waals surface area contributed by atoms with Gasteiger partial charge in [-0.05, 0) is 12.1 Å². The molecule has 5 nitrogen and oxygen atoms in total. The van der Waals surface area contributed by atoms with E-state index in [0.29, 0.717) is 0 Å². The van der Waals surface area contributed by atoms with Gasteiger partial charge in [-0.1, -0.05) is 0 Å². The summed E-state index contributed by atoms with van der Waals surface area (Å²) in [6.07, 6.45) is 0. The minimum absolute atomic E-state index is 0.0613. The van der Waals surface area contributed by atoms with Crippen LogP contribution in [0.3, 0.4) is 0 Å². The molecule has 0 unspecified atom stereocenters. The van der Waals surface area contributed by atoms with E-state index in [9.17, 15) is 14.0 Å². The highest BCUT2D eigenvalue weighted by Crippen LogP contribution is 2.23. The molecule has 2 N–H and O–H groups in total. The van der Waals surface area contributed by atoms with Gasteiger partial charge in [-0.15, -0.1) is 0 Å². The molecule has 6 heteroatoms. The smallest absolute Gasteiger partial charge is 0.326 e. The second-order valence-corrected chi connectivity index (χ2v) is 2.91. The van der Waals surface area contributed by atoms with Crippen molar-refractivity contribution in [2.45, 2.75) is 0 Å². The third-order valence-corrected chi connectivity index (χ3v) is 2.02. The molecule has 0 atom stereocenters. The van der Waals surface area contributed by atoms with Gasteiger partial charge in [0.1, 0.15) is 5.52 Å². The second-order valence-electron chi connectivity index (χ2n) is 2.91. The summed E-state index contributed by atoms with van der Waals surface area (Å²) in [6.45, 7) is 0. The minimum atomic E-state index is -0.698. The van der Waals surface area contributed by atoms with Gasteiger partial charge in [0, 0.05) is 0 Å². The Morgan fingerprint density at radius 1 is 1.27 bits per heavy atom. The van der Waals surface area contributed by atoms with Crippen molar-refractivity contribution >= 4 is 10.9 Å².